The fraction of sp³-hybridized carbons (Fsp3) is 0. The Labute approximate surface area is 353 Å². The highest BCUT2D eigenvalue weighted by atomic mass is 16.3. The maximum absolute atomic E-state index is 6.61. The van der Waals surface area contributed by atoms with E-state index in [0.29, 0.717) is 0 Å². The molecule has 2 heterocycles. The number of nitrogens with zero attached hydrogens (tertiary/aromatic N) is 2. The van der Waals surface area contributed by atoms with E-state index in [-0.39, 0.29) is 0 Å². The topological polar surface area (TPSA) is 21.3 Å². The molecule has 2 aromatic heterocycles. The van der Waals surface area contributed by atoms with E-state index in [2.05, 4.69) is 234 Å². The number of hydrogen-bond donors (Lipinski definition) is 0. The lowest BCUT2D eigenvalue weighted by atomic mass is 9.90. The first-order valence-electron chi connectivity index (χ1n) is 20.8. The molecular weight excluding hydrogens is 741 g/mol. The molecular formula is C58H38N2O. The van der Waals surface area contributed by atoms with Crippen LogP contribution in [0.15, 0.2) is 235 Å². The van der Waals surface area contributed by atoms with Gasteiger partial charge in [0.1, 0.15) is 11.1 Å². The largest absolute Gasteiger partial charge is 0.454 e. The molecule has 10 aromatic carbocycles. The molecule has 0 radical (unpaired) electrons. The number of hydrogen-bond acceptors (Lipinski definition) is 2. The van der Waals surface area contributed by atoms with Crippen molar-refractivity contribution in [1.29, 1.82) is 0 Å². The van der Waals surface area contributed by atoms with Gasteiger partial charge in [0.25, 0.3) is 0 Å². The minimum absolute atomic E-state index is 0.894. The molecule has 0 amide bonds. The molecule has 286 valence electrons. The fourth-order valence-electron chi connectivity index (χ4n) is 9.40. The summed E-state index contributed by atoms with van der Waals surface area (Å²) in [5.74, 6) is 0. The van der Waals surface area contributed by atoms with Crippen molar-refractivity contribution in [2.24, 2.45) is 0 Å². The van der Waals surface area contributed by atoms with Gasteiger partial charge in [-0.3, -0.25) is 0 Å². The van der Waals surface area contributed by atoms with Crippen molar-refractivity contribution in [2.45, 2.75) is 0 Å². The van der Waals surface area contributed by atoms with Gasteiger partial charge in [0.2, 0.25) is 0 Å². The van der Waals surface area contributed by atoms with Crippen LogP contribution in [0.1, 0.15) is 0 Å². The van der Waals surface area contributed by atoms with Crippen molar-refractivity contribution in [3.05, 3.63) is 231 Å². The lowest BCUT2D eigenvalue weighted by Gasteiger charge is -2.26. The molecule has 12 rings (SSSR count). The zero-order valence-corrected chi connectivity index (χ0v) is 33.2. The minimum atomic E-state index is 0.894. The number of furan rings is 1. The highest BCUT2D eigenvalue weighted by Crippen LogP contribution is 2.46. The van der Waals surface area contributed by atoms with Gasteiger partial charge in [0, 0.05) is 38.6 Å². The Balaban J connectivity index is 1.03. The summed E-state index contributed by atoms with van der Waals surface area (Å²) in [7, 11) is 0. The van der Waals surface area contributed by atoms with Crippen LogP contribution in [0.25, 0.3) is 93.6 Å². The fourth-order valence-corrected chi connectivity index (χ4v) is 9.40. The van der Waals surface area contributed by atoms with E-state index in [4.69, 9.17) is 4.42 Å². The SMILES string of the molecule is c1ccc(-c2ccc(N(c3ccc(-c4ccccc4)cc3)c3ccc(-c4c5ccccc5c(-n5c6ccccc6c6oc7ccccc7c65)c5ccccc45)cc3)cc2)cc1. The van der Waals surface area contributed by atoms with Crippen molar-refractivity contribution in [2.75, 3.05) is 4.90 Å². The predicted octanol–water partition coefficient (Wildman–Crippen LogP) is 16.3. The van der Waals surface area contributed by atoms with E-state index in [1.165, 1.54) is 49.4 Å². The number of fused-ring (bicyclic) bond motifs is 7. The smallest absolute Gasteiger partial charge is 0.161 e. The molecule has 0 aliphatic carbocycles. The zero-order chi connectivity index (χ0) is 40.3. The van der Waals surface area contributed by atoms with Gasteiger partial charge >= 0.3 is 0 Å². The van der Waals surface area contributed by atoms with Crippen LogP contribution in [-0.2, 0) is 0 Å². The Morgan fingerprint density at radius 1 is 0.311 bits per heavy atom. The third kappa shape index (κ3) is 5.74. The van der Waals surface area contributed by atoms with Gasteiger partial charge in [-0.2, -0.15) is 0 Å². The molecule has 12 aromatic rings. The Morgan fingerprint density at radius 3 is 1.23 bits per heavy atom. The quantitative estimate of drug-likeness (QED) is 0.150. The summed E-state index contributed by atoms with van der Waals surface area (Å²) in [6.45, 7) is 0. The monoisotopic (exact) mass is 778 g/mol. The van der Waals surface area contributed by atoms with Crippen molar-refractivity contribution >= 4 is 71.6 Å². The van der Waals surface area contributed by atoms with Crippen molar-refractivity contribution < 1.29 is 4.42 Å². The molecule has 61 heavy (non-hydrogen) atoms. The second kappa shape index (κ2) is 14.3. The van der Waals surface area contributed by atoms with Crippen molar-refractivity contribution in [1.82, 2.24) is 4.57 Å². The van der Waals surface area contributed by atoms with Crippen LogP contribution >= 0.6 is 0 Å². The second-order valence-corrected chi connectivity index (χ2v) is 15.7. The van der Waals surface area contributed by atoms with Crippen molar-refractivity contribution in [3.8, 4) is 39.1 Å². The Morgan fingerprint density at radius 2 is 0.705 bits per heavy atom. The van der Waals surface area contributed by atoms with Crippen LogP contribution in [0.2, 0.25) is 0 Å². The Kier molecular flexibility index (Phi) is 8.17. The van der Waals surface area contributed by atoms with E-state index in [0.717, 1.165) is 61.3 Å². The molecule has 0 unspecified atom stereocenters. The Hall–Kier alpha value is -8.14. The van der Waals surface area contributed by atoms with Gasteiger partial charge in [0.05, 0.1) is 11.2 Å². The number of para-hydroxylation sites is 2. The van der Waals surface area contributed by atoms with E-state index < -0.39 is 0 Å². The van der Waals surface area contributed by atoms with E-state index in [1.54, 1.807) is 0 Å². The van der Waals surface area contributed by atoms with Gasteiger partial charge < -0.3 is 13.9 Å². The van der Waals surface area contributed by atoms with Gasteiger partial charge in [-0.25, -0.2) is 0 Å². The number of benzene rings is 10. The van der Waals surface area contributed by atoms with Crippen LogP contribution in [-0.4, -0.2) is 4.57 Å². The molecule has 0 bridgehead atoms. The van der Waals surface area contributed by atoms with E-state index in [9.17, 15) is 0 Å². The minimum Gasteiger partial charge on any atom is -0.454 e. The molecule has 0 atom stereocenters. The summed E-state index contributed by atoms with van der Waals surface area (Å²) in [5.41, 5.74) is 15.6. The summed E-state index contributed by atoms with van der Waals surface area (Å²) in [4.78, 5) is 2.35. The normalized spacial score (nSPS) is 11.6. The first-order valence-corrected chi connectivity index (χ1v) is 20.8. The van der Waals surface area contributed by atoms with Crippen molar-refractivity contribution in [3.63, 3.8) is 0 Å². The number of anilines is 3. The first kappa shape index (κ1) is 34.9. The average molecular weight is 779 g/mol. The molecule has 0 saturated heterocycles. The predicted molar refractivity (Wildman–Crippen MR) is 257 cm³/mol. The molecule has 0 fully saturated rings. The van der Waals surface area contributed by atoms with Crippen LogP contribution in [0, 0.1) is 0 Å². The maximum atomic E-state index is 6.61. The van der Waals surface area contributed by atoms with Crippen LogP contribution < -0.4 is 4.90 Å². The maximum Gasteiger partial charge on any atom is 0.161 e. The number of aromatic nitrogens is 1. The number of rotatable bonds is 7. The second-order valence-electron chi connectivity index (χ2n) is 15.7. The van der Waals surface area contributed by atoms with Crippen LogP contribution in [0.4, 0.5) is 17.1 Å². The summed E-state index contributed by atoms with van der Waals surface area (Å²) >= 11 is 0. The summed E-state index contributed by atoms with van der Waals surface area (Å²) in [5, 5.41) is 6.99. The zero-order valence-electron chi connectivity index (χ0n) is 33.2. The van der Waals surface area contributed by atoms with Gasteiger partial charge in [0.15, 0.2) is 5.58 Å². The van der Waals surface area contributed by atoms with Gasteiger partial charge in [-0.15, -0.1) is 0 Å². The molecule has 0 aliphatic heterocycles. The molecule has 0 spiro atoms. The highest BCUT2D eigenvalue weighted by Gasteiger charge is 2.24. The first-order chi connectivity index (χ1) is 30.3. The van der Waals surface area contributed by atoms with E-state index >= 15 is 0 Å². The molecule has 3 nitrogen and oxygen atoms in total. The third-order valence-corrected chi connectivity index (χ3v) is 12.2. The summed E-state index contributed by atoms with van der Waals surface area (Å²) in [6, 6.07) is 82.8. The average Bonchev–Trinajstić information content (AvgIpc) is 3.87. The third-order valence-electron chi connectivity index (χ3n) is 12.2. The van der Waals surface area contributed by atoms with E-state index in [1.807, 2.05) is 6.07 Å². The highest BCUT2D eigenvalue weighted by molar-refractivity contribution is 6.23. The lowest BCUT2D eigenvalue weighted by Crippen LogP contribution is -2.09. The van der Waals surface area contributed by atoms with Gasteiger partial charge in [-0.1, -0.05) is 170 Å². The lowest BCUT2D eigenvalue weighted by molar-refractivity contribution is 0.673. The van der Waals surface area contributed by atoms with Crippen LogP contribution in [0.3, 0.4) is 0 Å². The molecule has 0 saturated carbocycles. The standard InChI is InChI=1S/C58H38N2O/c1-3-15-39(16-4-1)41-27-33-44(34-28-41)59(45-35-29-42(30-36-45)40-17-5-2-6-18-40)46-37-31-43(32-38-46)55-47-19-7-9-21-49(47)56(50-22-10-8-20-48(50)55)60-53-25-13-11-23-51(53)58-57(60)52-24-12-14-26-54(52)61-58/h1-38H. The molecule has 3 heteroatoms. The summed E-state index contributed by atoms with van der Waals surface area (Å²) < 4.78 is 9.05. The summed E-state index contributed by atoms with van der Waals surface area (Å²) in [6.07, 6.45) is 0. The molecule has 0 aliphatic rings. The van der Waals surface area contributed by atoms with Crippen LogP contribution in [0.5, 0.6) is 0 Å². The van der Waals surface area contributed by atoms with Gasteiger partial charge in [-0.05, 0) is 105 Å². The Bertz CT molecular complexity index is 3400. The molecule has 0 N–H and O–H groups in total.